The number of H-pyrrole nitrogens is 1. The molecular weight excluding hydrogens is 288 g/mol. The van der Waals surface area contributed by atoms with Crippen LogP contribution in [0.3, 0.4) is 0 Å². The SMILES string of the molecule is CC(C)(C)c1ccc(Oc2nc(Cl)nc3[nH]ncc23)cc1. The molecule has 5 nitrogen and oxygen atoms in total. The van der Waals surface area contributed by atoms with Crippen molar-refractivity contribution in [3.8, 4) is 11.6 Å². The molecule has 3 rings (SSSR count). The zero-order valence-electron chi connectivity index (χ0n) is 12.0. The van der Waals surface area contributed by atoms with Crippen molar-refractivity contribution < 1.29 is 4.74 Å². The number of rotatable bonds is 2. The first-order valence-electron chi connectivity index (χ1n) is 6.58. The Bertz CT molecular complexity index is 774. The summed E-state index contributed by atoms with van der Waals surface area (Å²) in [5.74, 6) is 1.09. The van der Waals surface area contributed by atoms with Crippen molar-refractivity contribution in [3.05, 3.63) is 41.3 Å². The maximum Gasteiger partial charge on any atom is 0.234 e. The van der Waals surface area contributed by atoms with Crippen LogP contribution in [-0.2, 0) is 5.41 Å². The van der Waals surface area contributed by atoms with Gasteiger partial charge in [-0.3, -0.25) is 5.10 Å². The smallest absolute Gasteiger partial charge is 0.234 e. The number of fused-ring (bicyclic) bond motifs is 1. The van der Waals surface area contributed by atoms with Gasteiger partial charge >= 0.3 is 0 Å². The largest absolute Gasteiger partial charge is 0.438 e. The van der Waals surface area contributed by atoms with Crippen LogP contribution in [0.2, 0.25) is 5.28 Å². The van der Waals surface area contributed by atoms with Gasteiger partial charge < -0.3 is 4.74 Å². The molecule has 3 aromatic rings. The van der Waals surface area contributed by atoms with Gasteiger partial charge in [0.05, 0.1) is 6.20 Å². The van der Waals surface area contributed by atoms with Crippen LogP contribution >= 0.6 is 11.6 Å². The van der Waals surface area contributed by atoms with Crippen molar-refractivity contribution in [1.82, 2.24) is 20.2 Å². The summed E-state index contributed by atoms with van der Waals surface area (Å²) in [5, 5.41) is 7.49. The number of halogens is 1. The first kappa shape index (κ1) is 13.8. The Balaban J connectivity index is 1.93. The van der Waals surface area contributed by atoms with Crippen molar-refractivity contribution in [3.63, 3.8) is 0 Å². The monoisotopic (exact) mass is 302 g/mol. The Kier molecular flexibility index (Phi) is 3.29. The van der Waals surface area contributed by atoms with Gasteiger partial charge in [-0.2, -0.15) is 15.1 Å². The lowest BCUT2D eigenvalue weighted by atomic mass is 9.87. The van der Waals surface area contributed by atoms with Gasteiger partial charge in [0.25, 0.3) is 0 Å². The molecule has 0 radical (unpaired) electrons. The summed E-state index contributed by atoms with van der Waals surface area (Å²) in [6, 6.07) is 7.93. The Morgan fingerprint density at radius 1 is 1.10 bits per heavy atom. The second kappa shape index (κ2) is 5.00. The number of aromatic nitrogens is 4. The number of hydrogen-bond donors (Lipinski definition) is 1. The van der Waals surface area contributed by atoms with Crippen molar-refractivity contribution in [1.29, 1.82) is 0 Å². The van der Waals surface area contributed by atoms with E-state index >= 15 is 0 Å². The van der Waals surface area contributed by atoms with Gasteiger partial charge in [-0.1, -0.05) is 32.9 Å². The summed E-state index contributed by atoms with van der Waals surface area (Å²) in [4.78, 5) is 8.15. The van der Waals surface area contributed by atoms with E-state index in [9.17, 15) is 0 Å². The van der Waals surface area contributed by atoms with Crippen LogP contribution in [0.1, 0.15) is 26.3 Å². The number of aromatic amines is 1. The summed E-state index contributed by atoms with van der Waals surface area (Å²) in [6.07, 6.45) is 1.62. The molecule has 2 aromatic heterocycles. The zero-order chi connectivity index (χ0) is 15.0. The highest BCUT2D eigenvalue weighted by molar-refractivity contribution is 6.28. The molecule has 0 fully saturated rings. The van der Waals surface area contributed by atoms with E-state index in [2.05, 4.69) is 40.9 Å². The molecule has 1 aromatic carbocycles. The van der Waals surface area contributed by atoms with Gasteiger partial charge in [0.2, 0.25) is 11.2 Å². The summed E-state index contributed by atoms with van der Waals surface area (Å²) >= 11 is 5.88. The summed E-state index contributed by atoms with van der Waals surface area (Å²) in [7, 11) is 0. The second-order valence-electron chi connectivity index (χ2n) is 5.81. The number of hydrogen-bond acceptors (Lipinski definition) is 4. The van der Waals surface area contributed by atoms with E-state index in [0.717, 1.165) is 0 Å². The highest BCUT2D eigenvalue weighted by Crippen LogP contribution is 2.29. The third kappa shape index (κ3) is 2.83. The molecule has 2 heterocycles. The van der Waals surface area contributed by atoms with Crippen molar-refractivity contribution >= 4 is 22.6 Å². The Hall–Kier alpha value is -2.14. The van der Waals surface area contributed by atoms with E-state index < -0.39 is 0 Å². The molecule has 21 heavy (non-hydrogen) atoms. The van der Waals surface area contributed by atoms with E-state index in [0.29, 0.717) is 22.7 Å². The van der Waals surface area contributed by atoms with E-state index in [1.807, 2.05) is 24.3 Å². The molecule has 0 aliphatic heterocycles. The molecule has 0 aliphatic rings. The van der Waals surface area contributed by atoms with E-state index in [4.69, 9.17) is 16.3 Å². The standard InChI is InChI=1S/C15H15ClN4O/c1-15(2,3)9-4-6-10(7-5-9)21-13-11-8-17-20-12(11)18-14(16)19-13/h4-8H,1-3H3,(H,17,18,19,20). The Labute approximate surface area is 127 Å². The first-order chi connectivity index (χ1) is 9.93. The highest BCUT2D eigenvalue weighted by atomic mass is 35.5. The average Bonchev–Trinajstić information content (AvgIpc) is 2.86. The third-order valence-corrected chi connectivity index (χ3v) is 3.35. The van der Waals surface area contributed by atoms with Gasteiger partial charge in [-0.15, -0.1) is 0 Å². The lowest BCUT2D eigenvalue weighted by Crippen LogP contribution is -2.10. The predicted octanol–water partition coefficient (Wildman–Crippen LogP) is 4.10. The molecule has 0 aliphatic carbocycles. The lowest BCUT2D eigenvalue weighted by Gasteiger charge is -2.19. The minimum atomic E-state index is 0.106. The minimum Gasteiger partial charge on any atom is -0.438 e. The normalized spacial score (nSPS) is 11.8. The fraction of sp³-hybridized carbons (Fsp3) is 0.267. The molecule has 0 atom stereocenters. The van der Waals surface area contributed by atoms with Gasteiger partial charge in [0.1, 0.15) is 11.1 Å². The van der Waals surface area contributed by atoms with Crippen molar-refractivity contribution in [2.75, 3.05) is 0 Å². The molecule has 0 saturated carbocycles. The second-order valence-corrected chi connectivity index (χ2v) is 6.14. The first-order valence-corrected chi connectivity index (χ1v) is 6.96. The van der Waals surface area contributed by atoms with Gasteiger partial charge in [0.15, 0.2) is 5.65 Å². The average molecular weight is 303 g/mol. The summed E-state index contributed by atoms with van der Waals surface area (Å²) < 4.78 is 5.80. The van der Waals surface area contributed by atoms with Crippen LogP contribution in [0.5, 0.6) is 11.6 Å². The van der Waals surface area contributed by atoms with Gasteiger partial charge in [0, 0.05) is 0 Å². The Morgan fingerprint density at radius 3 is 2.48 bits per heavy atom. The number of nitrogens with zero attached hydrogens (tertiary/aromatic N) is 3. The number of nitrogens with one attached hydrogen (secondary N) is 1. The molecule has 1 N–H and O–H groups in total. The maximum atomic E-state index is 5.88. The van der Waals surface area contributed by atoms with Crippen LogP contribution in [0, 0.1) is 0 Å². The van der Waals surface area contributed by atoms with Crippen LogP contribution in [0.25, 0.3) is 11.0 Å². The maximum absolute atomic E-state index is 5.88. The molecule has 108 valence electrons. The van der Waals surface area contributed by atoms with Gasteiger partial charge in [-0.05, 0) is 34.7 Å². The topological polar surface area (TPSA) is 63.7 Å². The van der Waals surface area contributed by atoms with Crippen LogP contribution < -0.4 is 4.74 Å². The quantitative estimate of drug-likeness (QED) is 0.724. The molecule has 6 heteroatoms. The molecular formula is C15H15ClN4O. The van der Waals surface area contributed by atoms with Crippen molar-refractivity contribution in [2.45, 2.75) is 26.2 Å². The highest BCUT2D eigenvalue weighted by Gasteiger charge is 2.14. The molecule has 0 saturated heterocycles. The van der Waals surface area contributed by atoms with Gasteiger partial charge in [-0.25, -0.2) is 0 Å². The molecule has 0 bridgehead atoms. The van der Waals surface area contributed by atoms with Crippen LogP contribution in [-0.4, -0.2) is 20.2 Å². The predicted molar refractivity (Wildman–Crippen MR) is 81.9 cm³/mol. The van der Waals surface area contributed by atoms with Crippen molar-refractivity contribution in [2.24, 2.45) is 0 Å². The lowest BCUT2D eigenvalue weighted by molar-refractivity contribution is 0.467. The number of benzene rings is 1. The minimum absolute atomic E-state index is 0.106. The fourth-order valence-electron chi connectivity index (χ4n) is 1.99. The third-order valence-electron chi connectivity index (χ3n) is 3.18. The molecule has 0 amide bonds. The molecule has 0 spiro atoms. The van der Waals surface area contributed by atoms with E-state index in [1.54, 1.807) is 6.20 Å². The summed E-state index contributed by atoms with van der Waals surface area (Å²) in [6.45, 7) is 6.51. The van der Waals surface area contributed by atoms with Crippen LogP contribution in [0.15, 0.2) is 30.5 Å². The van der Waals surface area contributed by atoms with Crippen LogP contribution in [0.4, 0.5) is 0 Å². The Morgan fingerprint density at radius 2 is 1.81 bits per heavy atom. The fourth-order valence-corrected chi connectivity index (χ4v) is 2.16. The zero-order valence-corrected chi connectivity index (χ0v) is 12.8. The van der Waals surface area contributed by atoms with E-state index in [-0.39, 0.29) is 10.7 Å². The summed E-state index contributed by atoms with van der Waals surface area (Å²) in [5.41, 5.74) is 1.90. The van der Waals surface area contributed by atoms with E-state index in [1.165, 1.54) is 5.56 Å². The molecule has 0 unspecified atom stereocenters. The number of ether oxygens (including phenoxy) is 1.